The van der Waals surface area contributed by atoms with Gasteiger partial charge in [-0.25, -0.2) is 0 Å². The molecule has 15 heavy (non-hydrogen) atoms. The van der Waals surface area contributed by atoms with Crippen molar-refractivity contribution in [1.29, 1.82) is 0 Å². The molecule has 0 bridgehead atoms. The SMILES string of the molecule is CSc1ccc(C(Br)C(C)=O)c(CBr)c1. The normalized spacial score (nSPS) is 12.5. The lowest BCUT2D eigenvalue weighted by atomic mass is 10.0. The van der Waals surface area contributed by atoms with E-state index in [0.717, 1.165) is 10.9 Å². The number of hydrogen-bond acceptors (Lipinski definition) is 2. The van der Waals surface area contributed by atoms with Crippen molar-refractivity contribution in [2.45, 2.75) is 22.0 Å². The minimum absolute atomic E-state index is 0.133. The van der Waals surface area contributed by atoms with Gasteiger partial charge in [-0.05, 0) is 36.4 Å². The van der Waals surface area contributed by atoms with Crippen LogP contribution in [0.5, 0.6) is 0 Å². The van der Waals surface area contributed by atoms with E-state index in [1.807, 2.05) is 18.4 Å². The van der Waals surface area contributed by atoms with E-state index >= 15 is 0 Å². The molecule has 1 rings (SSSR count). The van der Waals surface area contributed by atoms with Crippen molar-refractivity contribution >= 4 is 49.4 Å². The summed E-state index contributed by atoms with van der Waals surface area (Å²) in [5.41, 5.74) is 2.22. The smallest absolute Gasteiger partial charge is 0.147 e. The van der Waals surface area contributed by atoms with E-state index in [2.05, 4.69) is 37.9 Å². The lowest BCUT2D eigenvalue weighted by Gasteiger charge is -2.12. The first-order valence-corrected chi connectivity index (χ1v) is 7.73. The molecule has 0 saturated carbocycles. The highest BCUT2D eigenvalue weighted by Gasteiger charge is 2.16. The topological polar surface area (TPSA) is 17.1 Å². The Balaban J connectivity index is 3.12. The fraction of sp³-hybridized carbons (Fsp3) is 0.364. The summed E-state index contributed by atoms with van der Waals surface area (Å²) in [6, 6.07) is 6.18. The van der Waals surface area contributed by atoms with Crippen LogP contribution in [0.1, 0.15) is 22.9 Å². The largest absolute Gasteiger partial charge is 0.298 e. The van der Waals surface area contributed by atoms with Gasteiger partial charge in [0.05, 0.1) is 4.83 Å². The molecule has 0 fully saturated rings. The van der Waals surface area contributed by atoms with Gasteiger partial charge in [-0.15, -0.1) is 11.8 Å². The Bertz CT molecular complexity index is 366. The van der Waals surface area contributed by atoms with Gasteiger partial charge >= 0.3 is 0 Å². The zero-order valence-electron chi connectivity index (χ0n) is 8.59. The number of alkyl halides is 2. The van der Waals surface area contributed by atoms with Gasteiger partial charge < -0.3 is 0 Å². The molecule has 1 aromatic rings. The summed E-state index contributed by atoms with van der Waals surface area (Å²) in [5.74, 6) is 0.133. The minimum Gasteiger partial charge on any atom is -0.298 e. The van der Waals surface area contributed by atoms with Crippen molar-refractivity contribution in [1.82, 2.24) is 0 Å². The van der Waals surface area contributed by atoms with E-state index in [1.165, 1.54) is 10.5 Å². The first-order chi connectivity index (χ1) is 7.10. The summed E-state index contributed by atoms with van der Waals surface area (Å²) in [6.07, 6.45) is 2.05. The summed E-state index contributed by atoms with van der Waals surface area (Å²) in [5, 5.41) is 0.770. The number of hydrogen-bond donors (Lipinski definition) is 0. The fourth-order valence-electron chi connectivity index (χ4n) is 1.29. The number of carbonyl (C=O) groups is 1. The molecule has 0 spiro atoms. The quantitative estimate of drug-likeness (QED) is 0.593. The summed E-state index contributed by atoms with van der Waals surface area (Å²) in [4.78, 5) is 12.3. The first kappa shape index (κ1) is 13.3. The molecule has 1 unspecified atom stereocenters. The van der Waals surface area contributed by atoms with Crippen molar-refractivity contribution in [3.05, 3.63) is 29.3 Å². The van der Waals surface area contributed by atoms with Gasteiger partial charge in [0.15, 0.2) is 0 Å². The maximum absolute atomic E-state index is 11.3. The summed E-state index contributed by atoms with van der Waals surface area (Å²) in [7, 11) is 0. The van der Waals surface area contributed by atoms with E-state index in [9.17, 15) is 4.79 Å². The average Bonchev–Trinajstić information content (AvgIpc) is 2.27. The summed E-state index contributed by atoms with van der Waals surface area (Å²) in [6.45, 7) is 1.60. The molecule has 4 heteroatoms. The number of halogens is 2. The molecule has 0 N–H and O–H groups in total. The second-order valence-electron chi connectivity index (χ2n) is 3.17. The van der Waals surface area contributed by atoms with Gasteiger partial charge in [-0.2, -0.15) is 0 Å². The van der Waals surface area contributed by atoms with Crippen LogP contribution in [0.4, 0.5) is 0 Å². The van der Waals surface area contributed by atoms with Gasteiger partial charge in [0.25, 0.3) is 0 Å². The molecule has 0 heterocycles. The number of ketones is 1. The zero-order chi connectivity index (χ0) is 11.4. The lowest BCUT2D eigenvalue weighted by Crippen LogP contribution is -2.04. The molecule has 0 radical (unpaired) electrons. The molecule has 0 aliphatic rings. The number of carbonyl (C=O) groups excluding carboxylic acids is 1. The van der Waals surface area contributed by atoms with Crippen molar-refractivity contribution in [2.75, 3.05) is 6.26 Å². The molecule has 0 aromatic heterocycles. The van der Waals surface area contributed by atoms with Crippen LogP contribution in [0.25, 0.3) is 0 Å². The van der Waals surface area contributed by atoms with Crippen molar-refractivity contribution in [2.24, 2.45) is 0 Å². The molecule has 1 nitrogen and oxygen atoms in total. The molecule has 0 amide bonds. The highest BCUT2D eigenvalue weighted by molar-refractivity contribution is 9.09. The number of Topliss-reactive ketones (excluding diaryl/α,β-unsaturated/α-hetero) is 1. The monoisotopic (exact) mass is 350 g/mol. The lowest BCUT2D eigenvalue weighted by molar-refractivity contribution is -0.116. The Morgan fingerprint density at radius 2 is 2.20 bits per heavy atom. The Morgan fingerprint density at radius 3 is 2.67 bits per heavy atom. The van der Waals surface area contributed by atoms with Crippen LogP contribution in [0.15, 0.2) is 23.1 Å². The van der Waals surface area contributed by atoms with Crippen LogP contribution >= 0.6 is 43.6 Å². The molecular formula is C11H12Br2OS. The van der Waals surface area contributed by atoms with E-state index in [0.29, 0.717) is 0 Å². The van der Waals surface area contributed by atoms with Crippen LogP contribution in [-0.2, 0) is 10.1 Å². The molecule has 0 aliphatic heterocycles. The van der Waals surface area contributed by atoms with E-state index < -0.39 is 0 Å². The standard InChI is InChI=1S/C11H12Br2OS/c1-7(14)11(13)10-4-3-9(15-2)5-8(10)6-12/h3-5,11H,6H2,1-2H3. The van der Waals surface area contributed by atoms with E-state index in [1.54, 1.807) is 18.7 Å². The second-order valence-corrected chi connectivity index (χ2v) is 5.53. The Labute approximate surface area is 111 Å². The van der Waals surface area contributed by atoms with Crippen molar-refractivity contribution < 1.29 is 4.79 Å². The van der Waals surface area contributed by atoms with Gasteiger partial charge in [-0.3, -0.25) is 4.79 Å². The van der Waals surface area contributed by atoms with Crippen LogP contribution in [0, 0.1) is 0 Å². The van der Waals surface area contributed by atoms with Gasteiger partial charge in [0.1, 0.15) is 5.78 Å². The van der Waals surface area contributed by atoms with Crippen LogP contribution in [0.2, 0.25) is 0 Å². The summed E-state index contributed by atoms with van der Waals surface area (Å²) >= 11 is 8.57. The van der Waals surface area contributed by atoms with Crippen LogP contribution in [-0.4, -0.2) is 12.0 Å². The Morgan fingerprint density at radius 1 is 1.53 bits per heavy atom. The summed E-state index contributed by atoms with van der Waals surface area (Å²) < 4.78 is 0. The predicted molar refractivity (Wildman–Crippen MR) is 73.2 cm³/mol. The molecule has 82 valence electrons. The zero-order valence-corrected chi connectivity index (χ0v) is 12.6. The van der Waals surface area contributed by atoms with Gasteiger partial charge in [0, 0.05) is 10.2 Å². The Kier molecular flexibility index (Phi) is 5.36. The maximum Gasteiger partial charge on any atom is 0.147 e. The second kappa shape index (κ2) is 6.06. The highest BCUT2D eigenvalue weighted by Crippen LogP contribution is 2.30. The molecule has 1 atom stereocenters. The third kappa shape index (κ3) is 3.33. The predicted octanol–water partition coefficient (Wildman–Crippen LogP) is 4.33. The Hall–Kier alpha value is 0.200. The molecule has 0 aliphatic carbocycles. The fourth-order valence-corrected chi connectivity index (χ4v) is 2.69. The van der Waals surface area contributed by atoms with E-state index in [-0.39, 0.29) is 10.6 Å². The van der Waals surface area contributed by atoms with Crippen LogP contribution in [0.3, 0.4) is 0 Å². The third-order valence-corrected chi connectivity index (χ3v) is 4.59. The van der Waals surface area contributed by atoms with Gasteiger partial charge in [-0.1, -0.05) is 37.9 Å². The molecule has 1 aromatic carbocycles. The molecule has 0 saturated heterocycles. The number of rotatable bonds is 4. The maximum atomic E-state index is 11.3. The third-order valence-electron chi connectivity index (χ3n) is 2.12. The average molecular weight is 352 g/mol. The van der Waals surface area contributed by atoms with Crippen molar-refractivity contribution in [3.8, 4) is 0 Å². The minimum atomic E-state index is -0.194. The number of benzene rings is 1. The van der Waals surface area contributed by atoms with Gasteiger partial charge in [0.2, 0.25) is 0 Å². The van der Waals surface area contributed by atoms with Crippen molar-refractivity contribution in [3.63, 3.8) is 0 Å². The molecular weight excluding hydrogens is 340 g/mol. The first-order valence-electron chi connectivity index (χ1n) is 4.47. The highest BCUT2D eigenvalue weighted by atomic mass is 79.9. The number of thioether (sulfide) groups is 1. The van der Waals surface area contributed by atoms with E-state index in [4.69, 9.17) is 0 Å². The van der Waals surface area contributed by atoms with Crippen LogP contribution < -0.4 is 0 Å².